The van der Waals surface area contributed by atoms with Crippen molar-refractivity contribution in [2.45, 2.75) is 24.8 Å². The number of benzene rings is 2. The van der Waals surface area contributed by atoms with Crippen LogP contribution in [0.5, 0.6) is 5.75 Å². The van der Waals surface area contributed by atoms with Crippen molar-refractivity contribution in [3.8, 4) is 5.75 Å². The van der Waals surface area contributed by atoms with E-state index in [1.165, 1.54) is 12.1 Å². The molecular weight excluding hydrogens is 577 g/mol. The Labute approximate surface area is 236 Å². The molecule has 2 aromatic carbocycles. The Hall–Kier alpha value is -4.11. The monoisotopic (exact) mass is 599 g/mol. The number of carbonyl (C=O) groups excluding carboxylic acids is 3. The summed E-state index contributed by atoms with van der Waals surface area (Å²) >= 11 is 11.3. The Morgan fingerprint density at radius 1 is 1.12 bits per heavy atom. The number of nitrogens with zero attached hydrogens (tertiary/aromatic N) is 2. The van der Waals surface area contributed by atoms with E-state index < -0.39 is 48.5 Å². The maximum Gasteiger partial charge on any atom is 0.510 e. The van der Waals surface area contributed by atoms with Gasteiger partial charge in [-0.25, -0.2) is 9.59 Å². The van der Waals surface area contributed by atoms with Crippen molar-refractivity contribution >= 4 is 58.8 Å². The summed E-state index contributed by atoms with van der Waals surface area (Å²) in [6, 6.07) is 11.8. The molecule has 4 rings (SSSR count). The number of aliphatic carboxylic acids is 1. The van der Waals surface area contributed by atoms with Gasteiger partial charge in [-0.2, -0.15) is 0 Å². The smallest absolute Gasteiger partial charge is 0.480 e. The first-order valence-corrected chi connectivity index (χ1v) is 12.2. The van der Waals surface area contributed by atoms with Crippen molar-refractivity contribution in [3.63, 3.8) is 0 Å². The van der Waals surface area contributed by atoms with Gasteiger partial charge in [-0.3, -0.25) is 24.1 Å². The van der Waals surface area contributed by atoms with Crippen LogP contribution in [0.1, 0.15) is 12.8 Å². The van der Waals surface area contributed by atoms with Gasteiger partial charge in [0.25, 0.3) is 5.91 Å². The number of amides is 2. The quantitative estimate of drug-likeness (QED) is 0.375. The fraction of sp³-hybridized carbons (Fsp3) is 0.292. The number of nitrogens with two attached hydrogens (primary N) is 1. The number of hydroxylamine groups is 2. The average Bonchev–Trinajstić information content (AvgIpc) is 3.47. The Kier molecular flexibility index (Phi) is 10.1. The number of cyclic esters (lactones) is 1. The molecule has 214 valence electrons. The molecule has 0 aromatic heterocycles. The fourth-order valence-electron chi connectivity index (χ4n) is 3.72. The van der Waals surface area contributed by atoms with Crippen LogP contribution in [0.2, 0.25) is 10.0 Å². The summed E-state index contributed by atoms with van der Waals surface area (Å²) in [5.41, 5.74) is 5.87. The molecule has 0 bridgehead atoms. The molecule has 2 amide bonds. The third-order valence-corrected chi connectivity index (χ3v) is 5.89. The zero-order chi connectivity index (χ0) is 29.4. The normalized spacial score (nSPS) is 19.8. The van der Waals surface area contributed by atoms with Gasteiger partial charge in [-0.15, -0.1) is 5.06 Å². The molecule has 2 fully saturated rings. The number of anilines is 1. The minimum absolute atomic E-state index is 0.158. The van der Waals surface area contributed by atoms with E-state index in [0.29, 0.717) is 26.5 Å². The summed E-state index contributed by atoms with van der Waals surface area (Å²) in [4.78, 5) is 64.4. The van der Waals surface area contributed by atoms with E-state index in [-0.39, 0.29) is 26.0 Å². The second-order valence-electron chi connectivity index (χ2n) is 8.06. The number of ether oxygens (including phenoxy) is 3. The fourth-order valence-corrected chi connectivity index (χ4v) is 4.18. The largest absolute Gasteiger partial charge is 0.510 e. The molecule has 4 N–H and O–H groups in total. The van der Waals surface area contributed by atoms with Crippen LogP contribution in [-0.4, -0.2) is 76.9 Å². The number of halogens is 2. The first kappa shape index (κ1) is 30.4. The number of rotatable bonds is 8. The molecule has 2 atom stereocenters. The number of hydrogen-bond acceptors (Lipinski definition) is 10. The van der Waals surface area contributed by atoms with E-state index in [1.54, 1.807) is 36.4 Å². The van der Waals surface area contributed by atoms with Gasteiger partial charge in [0.15, 0.2) is 6.61 Å². The molecule has 0 spiro atoms. The van der Waals surface area contributed by atoms with Crippen LogP contribution in [0.25, 0.3) is 0 Å². The zero-order valence-electron chi connectivity index (χ0n) is 20.5. The molecule has 0 radical (unpaired) electrons. The lowest BCUT2D eigenvalue weighted by atomic mass is 10.2. The Morgan fingerprint density at radius 2 is 1.82 bits per heavy atom. The van der Waals surface area contributed by atoms with E-state index >= 15 is 0 Å². The van der Waals surface area contributed by atoms with Crippen LogP contribution >= 0.6 is 23.2 Å². The minimum Gasteiger partial charge on any atom is -0.480 e. The van der Waals surface area contributed by atoms with Gasteiger partial charge in [0.2, 0.25) is 5.91 Å². The van der Waals surface area contributed by atoms with E-state index in [1.807, 2.05) is 0 Å². The number of para-hydroxylation sites is 1. The number of carboxylic acid groups (broad SMARTS) is 2. The third-order valence-electron chi connectivity index (χ3n) is 5.36. The predicted octanol–water partition coefficient (Wildman–Crippen LogP) is 2.26. The van der Waals surface area contributed by atoms with Crippen molar-refractivity contribution in [1.82, 2.24) is 5.06 Å². The molecule has 2 aliphatic heterocycles. The van der Waals surface area contributed by atoms with E-state index in [4.69, 9.17) is 53.5 Å². The molecule has 14 nitrogen and oxygen atoms in total. The van der Waals surface area contributed by atoms with Gasteiger partial charge >= 0.3 is 24.0 Å². The summed E-state index contributed by atoms with van der Waals surface area (Å²) in [6.07, 6.45) is -2.13. The molecule has 2 aromatic rings. The van der Waals surface area contributed by atoms with Crippen LogP contribution in [0.4, 0.5) is 10.5 Å². The van der Waals surface area contributed by atoms with Gasteiger partial charge < -0.3 is 30.2 Å². The highest BCUT2D eigenvalue weighted by Crippen LogP contribution is 2.36. The van der Waals surface area contributed by atoms with Crippen molar-refractivity contribution in [2.75, 3.05) is 24.7 Å². The van der Waals surface area contributed by atoms with Gasteiger partial charge in [0, 0.05) is 10.7 Å². The van der Waals surface area contributed by atoms with E-state index in [0.717, 1.165) is 4.90 Å². The van der Waals surface area contributed by atoms with Crippen LogP contribution < -0.4 is 15.4 Å². The molecule has 2 saturated heterocycles. The van der Waals surface area contributed by atoms with Crippen molar-refractivity contribution < 1.29 is 53.2 Å². The average molecular weight is 600 g/mol. The lowest BCUT2D eigenvalue weighted by Crippen LogP contribution is -2.55. The van der Waals surface area contributed by atoms with Crippen LogP contribution in [0.15, 0.2) is 48.5 Å². The van der Waals surface area contributed by atoms with Gasteiger partial charge in [0.1, 0.15) is 18.4 Å². The summed E-state index contributed by atoms with van der Waals surface area (Å²) in [5.74, 6) is -5.03. The molecular formula is C24H23Cl2N3O11. The van der Waals surface area contributed by atoms with Crippen LogP contribution in [0.3, 0.4) is 0 Å². The van der Waals surface area contributed by atoms with E-state index in [2.05, 4.69) is 4.74 Å². The first-order chi connectivity index (χ1) is 19.0. The number of carboxylic acids is 1. The molecule has 16 heteroatoms. The van der Waals surface area contributed by atoms with E-state index in [9.17, 15) is 24.0 Å². The standard InChI is InChI=1S/C16H17N3O8.C8H6Cl2O3/c17-8-12(20)18(10-4-2-1-3-5-10)11-9-25-19(14(11)22)16(27-15(23)24)7-6-13(21)26-16;9-5-1-2-7(6(10)3-5)13-4-8(11)12/h1-5,11H,6-9,17H2,(H,23,24);1-3H,4H2,(H,11,12)/t11-,16?;/m0./s1. The summed E-state index contributed by atoms with van der Waals surface area (Å²) < 4.78 is 14.5. The van der Waals surface area contributed by atoms with Gasteiger partial charge in [-0.1, -0.05) is 41.4 Å². The maximum absolute atomic E-state index is 12.9. The summed E-state index contributed by atoms with van der Waals surface area (Å²) in [6.45, 7) is -1.06. The highest BCUT2D eigenvalue weighted by Gasteiger charge is 2.58. The lowest BCUT2D eigenvalue weighted by molar-refractivity contribution is -0.337. The molecule has 40 heavy (non-hydrogen) atoms. The second-order valence-corrected chi connectivity index (χ2v) is 8.90. The molecule has 0 saturated carbocycles. The predicted molar refractivity (Wildman–Crippen MR) is 136 cm³/mol. The number of carbonyl (C=O) groups is 5. The minimum atomic E-state index is -2.22. The summed E-state index contributed by atoms with van der Waals surface area (Å²) in [7, 11) is 0. The number of hydrogen-bond donors (Lipinski definition) is 3. The zero-order valence-corrected chi connectivity index (χ0v) is 22.0. The number of esters is 1. The first-order valence-electron chi connectivity index (χ1n) is 11.4. The molecule has 0 aliphatic carbocycles. The topological polar surface area (TPSA) is 195 Å². The Balaban J connectivity index is 0.000000285. The third kappa shape index (κ3) is 7.30. The molecule has 1 unspecified atom stereocenters. The Bertz CT molecular complexity index is 1280. The van der Waals surface area contributed by atoms with Crippen molar-refractivity contribution in [3.05, 3.63) is 58.6 Å². The SMILES string of the molecule is NCC(=O)N(c1ccccc1)[C@H]1CON(C2(OC(=O)O)CCC(=O)O2)C1=O.O=C(O)COc1ccc(Cl)cc1Cl. The molecule has 2 heterocycles. The maximum atomic E-state index is 12.9. The highest BCUT2D eigenvalue weighted by molar-refractivity contribution is 6.35. The van der Waals surface area contributed by atoms with Crippen molar-refractivity contribution in [2.24, 2.45) is 5.73 Å². The summed E-state index contributed by atoms with van der Waals surface area (Å²) in [5, 5.41) is 18.6. The van der Waals surface area contributed by atoms with Crippen LogP contribution in [-0.2, 0) is 33.5 Å². The van der Waals surface area contributed by atoms with Crippen molar-refractivity contribution in [1.29, 1.82) is 0 Å². The lowest BCUT2D eigenvalue weighted by Gasteiger charge is -2.33. The Morgan fingerprint density at radius 3 is 2.38 bits per heavy atom. The van der Waals surface area contributed by atoms with Gasteiger partial charge in [0.05, 0.1) is 24.4 Å². The van der Waals surface area contributed by atoms with Crippen LogP contribution in [0, 0.1) is 0 Å². The molecule has 2 aliphatic rings. The highest BCUT2D eigenvalue weighted by atomic mass is 35.5. The second kappa shape index (κ2) is 13.3. The van der Waals surface area contributed by atoms with Gasteiger partial charge in [-0.05, 0) is 30.3 Å².